The lowest BCUT2D eigenvalue weighted by molar-refractivity contribution is -0.233. The van der Waals surface area contributed by atoms with E-state index in [0.717, 1.165) is 50.5 Å². The van der Waals surface area contributed by atoms with Crippen LogP contribution in [0.4, 0.5) is 4.79 Å². The second-order valence-corrected chi connectivity index (χ2v) is 20.1. The second kappa shape index (κ2) is 13.9. The first-order valence-corrected chi connectivity index (χ1v) is 20.3. The molecule has 292 valence electrons. The van der Waals surface area contributed by atoms with E-state index in [-0.39, 0.29) is 69.7 Å². The third-order valence-corrected chi connectivity index (χ3v) is 15.6. The number of fused-ring (bicyclic) bond motifs is 7. The number of hydrogen-bond acceptors (Lipinski definition) is 6. The number of carbonyl (C=O) groups excluding carboxylic acids is 4. The third kappa shape index (κ3) is 6.46. The summed E-state index contributed by atoms with van der Waals surface area (Å²) < 4.78 is 6.14. The Morgan fingerprint density at radius 1 is 0.885 bits per heavy atom. The highest BCUT2D eigenvalue weighted by atomic mass is 16.5. The lowest BCUT2D eigenvalue weighted by Gasteiger charge is -2.72. The highest BCUT2D eigenvalue weighted by Gasteiger charge is 2.70. The van der Waals surface area contributed by atoms with Gasteiger partial charge in [0.05, 0.1) is 17.3 Å². The number of rotatable bonds is 11. The number of ketones is 2. The monoisotopic (exact) mass is 725 g/mol. The Kier molecular flexibility index (Phi) is 10.8. The molecule has 9 nitrogen and oxygen atoms in total. The van der Waals surface area contributed by atoms with Crippen LogP contribution in [0.25, 0.3) is 0 Å². The highest BCUT2D eigenvalue weighted by Crippen LogP contribution is 2.77. The molecular weight excluding hydrogens is 656 g/mol. The van der Waals surface area contributed by atoms with E-state index >= 15 is 0 Å². The fraction of sp³-hybridized carbons (Fsp3) is 0.837. The maximum Gasteiger partial charge on any atom is 0.314 e. The summed E-state index contributed by atoms with van der Waals surface area (Å²) in [5.41, 5.74) is -0.114. The van der Waals surface area contributed by atoms with Gasteiger partial charge in [0.15, 0.2) is 5.78 Å². The zero-order valence-corrected chi connectivity index (χ0v) is 34.1. The number of urea groups is 1. The van der Waals surface area contributed by atoms with Gasteiger partial charge in [0.1, 0.15) is 11.9 Å². The Balaban J connectivity index is 1.39. The fourth-order valence-corrected chi connectivity index (χ4v) is 12.8. The molecule has 0 saturated heterocycles. The Morgan fingerprint density at radius 2 is 1.56 bits per heavy atom. The van der Waals surface area contributed by atoms with Gasteiger partial charge in [-0.05, 0) is 137 Å². The van der Waals surface area contributed by atoms with E-state index in [4.69, 9.17) is 4.74 Å². The van der Waals surface area contributed by atoms with Crippen molar-refractivity contribution in [2.24, 2.45) is 56.2 Å². The minimum absolute atomic E-state index is 0.00982. The van der Waals surface area contributed by atoms with E-state index in [1.807, 2.05) is 13.8 Å². The SMILES string of the molecule is CC(C)NC(=O)NCCCC(=O)[C@@]12CC[C@]3(C)[C@H](CC[C@@H]4[C@@]5(C)CC[C@H](OC(=O)CC(C)(C)C(=O)O)C(C)(C)[C@@H]5CC[C@]43C)C1=C(C(C)C)C(=O)C2. The molecule has 4 saturated carbocycles. The van der Waals surface area contributed by atoms with Crippen molar-refractivity contribution in [1.29, 1.82) is 0 Å². The molecule has 4 fully saturated rings. The number of Topliss-reactive ketones (excluding diaryl/α,β-unsaturated/α-hetero) is 2. The van der Waals surface area contributed by atoms with Crippen LogP contribution in [0, 0.1) is 56.2 Å². The quantitative estimate of drug-likeness (QED) is 0.144. The first kappa shape index (κ1) is 40.5. The summed E-state index contributed by atoms with van der Waals surface area (Å²) in [5, 5.41) is 15.3. The van der Waals surface area contributed by atoms with Gasteiger partial charge in [0, 0.05) is 30.8 Å². The van der Waals surface area contributed by atoms with Crippen LogP contribution in [0.15, 0.2) is 11.1 Å². The summed E-state index contributed by atoms with van der Waals surface area (Å²) in [6, 6.07) is -0.187. The topological polar surface area (TPSA) is 139 Å². The van der Waals surface area contributed by atoms with Crippen LogP contribution in [-0.4, -0.2) is 53.3 Å². The zero-order valence-electron chi connectivity index (χ0n) is 34.1. The lowest BCUT2D eigenvalue weighted by atomic mass is 9.33. The molecular formula is C43H68N2O7. The molecule has 3 N–H and O–H groups in total. The maximum atomic E-state index is 14.4. The van der Waals surface area contributed by atoms with Crippen molar-refractivity contribution in [3.63, 3.8) is 0 Å². The molecule has 0 aliphatic heterocycles. The van der Waals surface area contributed by atoms with E-state index < -0.39 is 22.8 Å². The number of allylic oxidation sites excluding steroid dienone is 2. The molecule has 0 heterocycles. The number of carboxylic acids is 1. The number of carbonyl (C=O) groups is 5. The molecule has 2 amide bonds. The summed E-state index contributed by atoms with van der Waals surface area (Å²) in [5.74, 6) is -0.0858. The maximum absolute atomic E-state index is 14.4. The zero-order chi connectivity index (χ0) is 38.8. The van der Waals surface area contributed by atoms with E-state index in [2.05, 4.69) is 59.1 Å². The molecule has 0 bridgehead atoms. The van der Waals surface area contributed by atoms with Gasteiger partial charge in [-0.3, -0.25) is 19.2 Å². The van der Waals surface area contributed by atoms with Crippen LogP contribution in [0.2, 0.25) is 0 Å². The van der Waals surface area contributed by atoms with Crippen molar-refractivity contribution >= 4 is 29.5 Å². The van der Waals surface area contributed by atoms with Crippen LogP contribution in [-0.2, 0) is 23.9 Å². The number of ether oxygens (including phenoxy) is 1. The van der Waals surface area contributed by atoms with Crippen molar-refractivity contribution in [3.05, 3.63) is 11.1 Å². The first-order valence-electron chi connectivity index (χ1n) is 20.3. The van der Waals surface area contributed by atoms with Crippen molar-refractivity contribution in [1.82, 2.24) is 10.6 Å². The minimum Gasteiger partial charge on any atom is -0.481 e. The van der Waals surface area contributed by atoms with Crippen LogP contribution in [0.3, 0.4) is 0 Å². The minimum atomic E-state index is -1.18. The summed E-state index contributed by atoms with van der Waals surface area (Å²) in [4.78, 5) is 65.3. The van der Waals surface area contributed by atoms with Crippen LogP contribution < -0.4 is 10.6 Å². The van der Waals surface area contributed by atoms with E-state index in [1.54, 1.807) is 13.8 Å². The largest absolute Gasteiger partial charge is 0.481 e. The number of carboxylic acid groups (broad SMARTS) is 1. The molecule has 5 aliphatic carbocycles. The van der Waals surface area contributed by atoms with Gasteiger partial charge >= 0.3 is 18.0 Å². The molecule has 52 heavy (non-hydrogen) atoms. The standard InChI is InChI=1S/C43H68N2O7/c1-25(2)34-28(46)23-43(31(47)13-12-22-44-37(51)45-26(3)4)21-20-41(10)27(35(34)43)14-15-30-40(9)18-17-32(52-33(48)24-38(5,6)36(49)50)39(7,8)29(40)16-19-42(30,41)11/h25-27,29-30,32H,12-24H2,1-11H3,(H,49,50)(H2,44,45,51)/t27-,29+,30-,32+,40+,41-,42-,43+/m1/s1. The lowest BCUT2D eigenvalue weighted by Crippen LogP contribution is -2.66. The first-order chi connectivity index (χ1) is 24.0. The summed E-state index contributed by atoms with van der Waals surface area (Å²) in [6.07, 6.45) is 8.18. The number of nitrogens with one attached hydrogen (secondary N) is 2. The molecule has 9 heteroatoms. The van der Waals surface area contributed by atoms with Gasteiger partial charge in [0.25, 0.3) is 0 Å². The predicted octanol–water partition coefficient (Wildman–Crippen LogP) is 8.44. The summed E-state index contributed by atoms with van der Waals surface area (Å²) in [6.45, 7) is 23.6. The Bertz CT molecular complexity index is 1510. The molecule has 8 atom stereocenters. The second-order valence-electron chi connectivity index (χ2n) is 20.1. The highest BCUT2D eigenvalue weighted by molar-refractivity contribution is 6.07. The van der Waals surface area contributed by atoms with E-state index in [9.17, 15) is 29.1 Å². The van der Waals surface area contributed by atoms with Crippen LogP contribution in [0.1, 0.15) is 153 Å². The van der Waals surface area contributed by atoms with Gasteiger partial charge in [-0.25, -0.2) is 4.79 Å². The third-order valence-electron chi connectivity index (χ3n) is 15.6. The molecule has 0 aromatic heterocycles. The van der Waals surface area contributed by atoms with Gasteiger partial charge in [-0.1, -0.05) is 48.5 Å². The Hall–Kier alpha value is -2.71. The molecule has 0 radical (unpaired) electrons. The average molecular weight is 725 g/mol. The predicted molar refractivity (Wildman–Crippen MR) is 201 cm³/mol. The molecule has 0 aromatic carbocycles. The normalized spacial score (nSPS) is 36.8. The van der Waals surface area contributed by atoms with E-state index in [1.165, 1.54) is 5.57 Å². The number of aliphatic carboxylic acids is 1. The number of hydrogen-bond donors (Lipinski definition) is 3. The van der Waals surface area contributed by atoms with Gasteiger partial charge in [0.2, 0.25) is 0 Å². The van der Waals surface area contributed by atoms with Crippen LogP contribution in [0.5, 0.6) is 0 Å². The van der Waals surface area contributed by atoms with Crippen molar-refractivity contribution in [2.75, 3.05) is 6.54 Å². The molecule has 5 aliphatic rings. The average Bonchev–Trinajstić information content (AvgIpc) is 3.33. The molecule has 0 unspecified atom stereocenters. The van der Waals surface area contributed by atoms with Gasteiger partial charge in [-0.15, -0.1) is 0 Å². The van der Waals surface area contributed by atoms with E-state index in [0.29, 0.717) is 44.1 Å². The van der Waals surface area contributed by atoms with Crippen molar-refractivity contribution in [3.8, 4) is 0 Å². The summed E-state index contributed by atoms with van der Waals surface area (Å²) >= 11 is 0. The smallest absolute Gasteiger partial charge is 0.314 e. The fourth-order valence-electron chi connectivity index (χ4n) is 12.8. The van der Waals surface area contributed by atoms with Crippen molar-refractivity contribution in [2.45, 2.75) is 165 Å². The van der Waals surface area contributed by atoms with Gasteiger partial charge < -0.3 is 20.5 Å². The summed E-state index contributed by atoms with van der Waals surface area (Å²) in [7, 11) is 0. The molecule has 0 spiro atoms. The Labute approximate surface area is 312 Å². The van der Waals surface area contributed by atoms with Crippen LogP contribution >= 0.6 is 0 Å². The molecule has 0 aromatic rings. The molecule has 5 rings (SSSR count). The van der Waals surface area contributed by atoms with Gasteiger partial charge in [-0.2, -0.15) is 0 Å². The van der Waals surface area contributed by atoms with Crippen molar-refractivity contribution < 1.29 is 33.8 Å². The number of amides is 2. The Morgan fingerprint density at radius 3 is 2.17 bits per heavy atom. The number of esters is 1.